The zero-order valence-corrected chi connectivity index (χ0v) is 18.3. The summed E-state index contributed by atoms with van der Waals surface area (Å²) in [7, 11) is 0. The van der Waals surface area contributed by atoms with Gasteiger partial charge in [-0.2, -0.15) is 0 Å². The van der Waals surface area contributed by atoms with Crippen LogP contribution in [0.15, 0.2) is 10.9 Å². The van der Waals surface area contributed by atoms with Crippen molar-refractivity contribution in [3.8, 4) is 5.69 Å². The predicted octanol–water partition coefficient (Wildman–Crippen LogP) is 3.09. The average Bonchev–Trinajstić information content (AvgIpc) is 2.97. The van der Waals surface area contributed by atoms with Crippen LogP contribution < -0.4 is 16.2 Å². The summed E-state index contributed by atoms with van der Waals surface area (Å²) in [6.45, 7) is 7.89. The molecule has 2 saturated heterocycles. The van der Waals surface area contributed by atoms with Crippen molar-refractivity contribution in [3.05, 3.63) is 50.0 Å². The summed E-state index contributed by atoms with van der Waals surface area (Å²) < 4.78 is 7.25. The molecule has 0 bridgehead atoms. The molecule has 0 unspecified atom stereocenters. The SMILES string of the molecule is Cc1c(N2CCC3(CC2)CO[C@H](C)[C@@H]3N)nc(C)n(-c2c#ccc(Cl)c2Cl)c1=O. The molecule has 1 spiro atoms. The quantitative estimate of drug-likeness (QED) is 0.785. The fourth-order valence-corrected chi connectivity index (χ4v) is 4.79. The first kappa shape index (κ1) is 20.5. The zero-order valence-electron chi connectivity index (χ0n) is 16.8. The van der Waals surface area contributed by atoms with Gasteiger partial charge in [0.2, 0.25) is 0 Å². The van der Waals surface area contributed by atoms with Gasteiger partial charge in [0.05, 0.1) is 28.3 Å². The number of piperidine rings is 1. The van der Waals surface area contributed by atoms with Crippen LogP contribution in [0, 0.1) is 31.4 Å². The predicted molar refractivity (Wildman–Crippen MR) is 114 cm³/mol. The third-order valence-electron chi connectivity index (χ3n) is 6.39. The van der Waals surface area contributed by atoms with E-state index in [0.717, 1.165) is 25.9 Å². The van der Waals surface area contributed by atoms with Gasteiger partial charge in [0, 0.05) is 30.6 Å². The summed E-state index contributed by atoms with van der Waals surface area (Å²) in [6, 6.07) is 7.24. The normalized spacial score (nSPS) is 23.4. The number of rotatable bonds is 2. The van der Waals surface area contributed by atoms with Crippen molar-refractivity contribution >= 4 is 29.0 Å². The molecule has 0 saturated carbocycles. The number of aryl methyl sites for hydroxylation is 1. The van der Waals surface area contributed by atoms with E-state index < -0.39 is 0 Å². The molecule has 1 aromatic heterocycles. The molecule has 4 rings (SSSR count). The van der Waals surface area contributed by atoms with Crippen molar-refractivity contribution in [2.75, 3.05) is 24.6 Å². The highest BCUT2D eigenvalue weighted by atomic mass is 35.5. The number of aromatic nitrogens is 2. The number of ether oxygens (including phenoxy) is 1. The number of hydrogen-bond acceptors (Lipinski definition) is 5. The molecule has 0 aliphatic carbocycles. The smallest absolute Gasteiger partial charge is 0.263 e. The second kappa shape index (κ2) is 7.48. The van der Waals surface area contributed by atoms with Gasteiger partial charge >= 0.3 is 0 Å². The number of anilines is 1. The van der Waals surface area contributed by atoms with Gasteiger partial charge in [0.25, 0.3) is 5.56 Å². The second-order valence-corrected chi connectivity index (χ2v) is 8.85. The Bertz CT molecular complexity index is 999. The summed E-state index contributed by atoms with van der Waals surface area (Å²) >= 11 is 12.4. The molecular formula is C21H24Cl2N4O2. The molecule has 8 heteroatoms. The van der Waals surface area contributed by atoms with Crippen molar-refractivity contribution < 1.29 is 4.74 Å². The Kier molecular flexibility index (Phi) is 5.28. The molecule has 2 aliphatic heterocycles. The lowest BCUT2D eigenvalue weighted by atomic mass is 9.73. The molecule has 0 amide bonds. The number of nitrogens with two attached hydrogens (primary N) is 1. The highest BCUT2D eigenvalue weighted by molar-refractivity contribution is 6.43. The topological polar surface area (TPSA) is 73.4 Å². The lowest BCUT2D eigenvalue weighted by Crippen LogP contribution is -2.51. The number of halogens is 2. The Labute approximate surface area is 180 Å². The maximum atomic E-state index is 13.2. The molecule has 154 valence electrons. The Morgan fingerprint density at radius 1 is 1.31 bits per heavy atom. The van der Waals surface area contributed by atoms with Crippen LogP contribution in [0.4, 0.5) is 5.82 Å². The molecule has 0 radical (unpaired) electrons. The van der Waals surface area contributed by atoms with Gasteiger partial charge in [-0.15, -0.1) is 0 Å². The monoisotopic (exact) mass is 434 g/mol. The van der Waals surface area contributed by atoms with E-state index in [1.165, 1.54) is 10.6 Å². The van der Waals surface area contributed by atoms with E-state index in [9.17, 15) is 4.79 Å². The molecule has 2 atom stereocenters. The van der Waals surface area contributed by atoms with Crippen LogP contribution in [0.1, 0.15) is 31.2 Å². The lowest BCUT2D eigenvalue weighted by Gasteiger charge is -2.42. The van der Waals surface area contributed by atoms with E-state index >= 15 is 0 Å². The van der Waals surface area contributed by atoms with Crippen molar-refractivity contribution in [1.29, 1.82) is 0 Å². The van der Waals surface area contributed by atoms with Crippen LogP contribution >= 0.6 is 23.2 Å². The van der Waals surface area contributed by atoms with Crippen LogP contribution in [0.5, 0.6) is 0 Å². The van der Waals surface area contributed by atoms with Gasteiger partial charge in [-0.05, 0) is 39.7 Å². The molecule has 2 N–H and O–H groups in total. The van der Waals surface area contributed by atoms with Crippen molar-refractivity contribution in [2.24, 2.45) is 11.1 Å². The Balaban J connectivity index is 1.66. The fraction of sp³-hybridized carbons (Fsp3) is 0.524. The van der Waals surface area contributed by atoms with E-state index in [0.29, 0.717) is 34.5 Å². The van der Waals surface area contributed by atoms with Gasteiger partial charge < -0.3 is 15.4 Å². The summed E-state index contributed by atoms with van der Waals surface area (Å²) in [5.41, 5.74) is 7.19. The first-order chi connectivity index (χ1) is 13.7. The van der Waals surface area contributed by atoms with Crippen LogP contribution in [-0.2, 0) is 4.74 Å². The third-order valence-corrected chi connectivity index (χ3v) is 7.16. The second-order valence-electron chi connectivity index (χ2n) is 8.06. The Morgan fingerprint density at radius 3 is 2.62 bits per heavy atom. The molecule has 29 heavy (non-hydrogen) atoms. The van der Waals surface area contributed by atoms with Crippen LogP contribution in [0.25, 0.3) is 5.69 Å². The zero-order chi connectivity index (χ0) is 20.9. The molecule has 2 fully saturated rings. The number of hydrogen-bond donors (Lipinski definition) is 1. The lowest BCUT2D eigenvalue weighted by molar-refractivity contribution is 0.0974. The van der Waals surface area contributed by atoms with Gasteiger partial charge in [0.1, 0.15) is 17.3 Å². The minimum atomic E-state index is -0.184. The summed E-state index contributed by atoms with van der Waals surface area (Å²) in [5.74, 6) is 1.24. The minimum absolute atomic E-state index is 0.0208. The largest absolute Gasteiger partial charge is 0.376 e. The highest BCUT2D eigenvalue weighted by Crippen LogP contribution is 2.42. The summed E-state index contributed by atoms with van der Waals surface area (Å²) in [6.07, 6.45) is 1.93. The van der Waals surface area contributed by atoms with Gasteiger partial charge in [0.15, 0.2) is 0 Å². The standard InChI is InChI=1S/C21H24Cl2N4O2/c1-12-19(26-9-7-21(8-10-26)11-29-13(2)18(21)24)25-14(3)27(20(12)28)16-6-4-5-15(22)17(16)23/h5,13,18H,7-11,24H2,1-3H3/t13-,18+/m1/s1. The van der Waals surface area contributed by atoms with Crippen LogP contribution in [0.3, 0.4) is 0 Å². The molecule has 1 aromatic carbocycles. The van der Waals surface area contributed by atoms with E-state index in [1.54, 1.807) is 13.8 Å². The van der Waals surface area contributed by atoms with E-state index in [4.69, 9.17) is 38.7 Å². The molecule has 2 aliphatic rings. The van der Waals surface area contributed by atoms with Crippen molar-refractivity contribution in [2.45, 2.75) is 45.8 Å². The Morgan fingerprint density at radius 2 is 2.00 bits per heavy atom. The van der Waals surface area contributed by atoms with Crippen molar-refractivity contribution in [1.82, 2.24) is 9.55 Å². The third kappa shape index (κ3) is 3.30. The first-order valence-electron chi connectivity index (χ1n) is 9.75. The maximum absolute atomic E-state index is 13.2. The average molecular weight is 435 g/mol. The van der Waals surface area contributed by atoms with Crippen molar-refractivity contribution in [3.63, 3.8) is 0 Å². The van der Waals surface area contributed by atoms with E-state index in [2.05, 4.69) is 17.0 Å². The van der Waals surface area contributed by atoms with Crippen LogP contribution in [-0.4, -0.2) is 41.4 Å². The van der Waals surface area contributed by atoms with Crippen LogP contribution in [0.2, 0.25) is 10.0 Å². The van der Waals surface area contributed by atoms with Gasteiger partial charge in [-0.1, -0.05) is 29.3 Å². The summed E-state index contributed by atoms with van der Waals surface area (Å²) in [4.78, 5) is 20.1. The first-order valence-corrected chi connectivity index (χ1v) is 10.5. The number of nitrogens with zero attached hydrogens (tertiary/aromatic N) is 3. The molecule has 3 heterocycles. The Hall–Kier alpha value is -1.78. The maximum Gasteiger partial charge on any atom is 0.263 e. The molecule has 2 aromatic rings. The molecule has 6 nitrogen and oxygen atoms in total. The van der Waals surface area contributed by atoms with E-state index in [1.807, 2.05) is 6.92 Å². The van der Waals surface area contributed by atoms with E-state index in [-0.39, 0.29) is 28.1 Å². The van der Waals surface area contributed by atoms with Gasteiger partial charge in [-0.25, -0.2) is 4.98 Å². The minimum Gasteiger partial charge on any atom is -0.376 e. The fourth-order valence-electron chi connectivity index (χ4n) is 4.46. The van der Waals surface area contributed by atoms with Gasteiger partial charge in [-0.3, -0.25) is 9.36 Å². The highest BCUT2D eigenvalue weighted by Gasteiger charge is 2.47. The summed E-state index contributed by atoms with van der Waals surface area (Å²) in [5, 5.41) is 0.577. The molecular weight excluding hydrogens is 411 g/mol.